The molecule has 0 saturated carbocycles. The van der Waals surface area contributed by atoms with Gasteiger partial charge in [-0.25, -0.2) is 8.42 Å². The lowest BCUT2D eigenvalue weighted by Gasteiger charge is -2.37. The molecule has 3 aromatic rings. The van der Waals surface area contributed by atoms with Crippen LogP contribution in [0.25, 0.3) is 0 Å². The molecule has 3 aromatic carbocycles. The molecule has 172 valence electrons. The fourth-order valence-corrected chi connectivity index (χ4v) is 5.25. The summed E-state index contributed by atoms with van der Waals surface area (Å²) in [6.45, 7) is 6.96. The number of para-hydroxylation sites is 1. The predicted octanol–water partition coefficient (Wildman–Crippen LogP) is 4.72. The molecule has 33 heavy (non-hydrogen) atoms. The van der Waals surface area contributed by atoms with Crippen LogP contribution < -0.4 is 9.62 Å². The van der Waals surface area contributed by atoms with Crippen LogP contribution in [0.15, 0.2) is 71.6 Å². The Labute approximate surface area is 199 Å². The van der Waals surface area contributed by atoms with Crippen LogP contribution in [-0.4, -0.2) is 45.4 Å². The standard InChI is InChI=1S/C25H26ClN3O3S/c1-18-6-5-9-24(19(18)2)28-14-16-29(17-15-28)25(30)20-10-12-21(13-11-20)33(31,32)27-23-8-4-3-7-22(23)26/h3-13,27H,14-17H2,1-2H3. The minimum Gasteiger partial charge on any atom is -0.368 e. The highest BCUT2D eigenvalue weighted by Gasteiger charge is 2.24. The van der Waals surface area contributed by atoms with Crippen molar-refractivity contribution in [2.45, 2.75) is 18.7 Å². The van der Waals surface area contributed by atoms with Crippen LogP contribution in [0.1, 0.15) is 21.5 Å². The van der Waals surface area contributed by atoms with Gasteiger partial charge in [-0.3, -0.25) is 9.52 Å². The van der Waals surface area contributed by atoms with E-state index < -0.39 is 10.0 Å². The summed E-state index contributed by atoms with van der Waals surface area (Å²) < 4.78 is 27.9. The molecule has 1 N–H and O–H groups in total. The zero-order valence-corrected chi connectivity index (χ0v) is 20.2. The van der Waals surface area contributed by atoms with E-state index >= 15 is 0 Å². The molecule has 0 bridgehead atoms. The molecule has 8 heteroatoms. The maximum Gasteiger partial charge on any atom is 0.261 e. The number of piperazine rings is 1. The van der Waals surface area contributed by atoms with Crippen LogP contribution in [0.3, 0.4) is 0 Å². The highest BCUT2D eigenvalue weighted by atomic mass is 35.5. The molecule has 0 unspecified atom stereocenters. The fourth-order valence-electron chi connectivity index (χ4n) is 3.94. The first kappa shape index (κ1) is 23.1. The van der Waals surface area contributed by atoms with Gasteiger partial charge in [0.25, 0.3) is 15.9 Å². The van der Waals surface area contributed by atoms with Crippen molar-refractivity contribution in [2.75, 3.05) is 35.8 Å². The molecular weight excluding hydrogens is 458 g/mol. The quantitative estimate of drug-likeness (QED) is 0.570. The number of nitrogens with one attached hydrogen (secondary N) is 1. The van der Waals surface area contributed by atoms with Gasteiger partial charge >= 0.3 is 0 Å². The Morgan fingerprint density at radius 2 is 1.55 bits per heavy atom. The molecule has 1 fully saturated rings. The molecule has 1 saturated heterocycles. The third kappa shape index (κ3) is 4.99. The zero-order chi connectivity index (χ0) is 23.6. The molecular formula is C25H26ClN3O3S. The van der Waals surface area contributed by atoms with E-state index in [1.54, 1.807) is 36.4 Å². The van der Waals surface area contributed by atoms with Gasteiger partial charge in [-0.2, -0.15) is 0 Å². The summed E-state index contributed by atoms with van der Waals surface area (Å²) >= 11 is 6.06. The highest BCUT2D eigenvalue weighted by molar-refractivity contribution is 7.92. The number of benzene rings is 3. The SMILES string of the molecule is Cc1cccc(N2CCN(C(=O)c3ccc(S(=O)(=O)Nc4ccccc4Cl)cc3)CC2)c1C. The number of anilines is 2. The number of amides is 1. The van der Waals surface area contributed by atoms with Gasteiger partial charge in [0.15, 0.2) is 0 Å². The van der Waals surface area contributed by atoms with E-state index in [0.717, 1.165) is 13.1 Å². The number of rotatable bonds is 5. The lowest BCUT2D eigenvalue weighted by atomic mass is 10.1. The van der Waals surface area contributed by atoms with E-state index in [9.17, 15) is 13.2 Å². The van der Waals surface area contributed by atoms with Crippen LogP contribution >= 0.6 is 11.6 Å². The van der Waals surface area contributed by atoms with E-state index in [1.807, 2.05) is 4.90 Å². The van der Waals surface area contributed by atoms with Gasteiger partial charge in [0.05, 0.1) is 15.6 Å². The predicted molar refractivity (Wildman–Crippen MR) is 133 cm³/mol. The van der Waals surface area contributed by atoms with Gasteiger partial charge in [0, 0.05) is 37.4 Å². The van der Waals surface area contributed by atoms with Crippen molar-refractivity contribution in [3.63, 3.8) is 0 Å². The lowest BCUT2D eigenvalue weighted by Crippen LogP contribution is -2.49. The summed E-state index contributed by atoms with van der Waals surface area (Å²) in [6.07, 6.45) is 0. The molecule has 0 spiro atoms. The van der Waals surface area contributed by atoms with Gasteiger partial charge in [-0.15, -0.1) is 0 Å². The van der Waals surface area contributed by atoms with Crippen LogP contribution in [0.2, 0.25) is 5.02 Å². The molecule has 0 aliphatic carbocycles. The van der Waals surface area contributed by atoms with Crippen molar-refractivity contribution in [3.8, 4) is 0 Å². The number of sulfonamides is 1. The number of carbonyl (C=O) groups excluding carboxylic acids is 1. The maximum atomic E-state index is 13.0. The van der Waals surface area contributed by atoms with Crippen molar-refractivity contribution in [2.24, 2.45) is 0 Å². The Balaban J connectivity index is 1.42. The molecule has 0 atom stereocenters. The second-order valence-electron chi connectivity index (χ2n) is 8.11. The van der Waals surface area contributed by atoms with E-state index in [0.29, 0.717) is 29.4 Å². The number of nitrogens with zero attached hydrogens (tertiary/aromatic N) is 2. The maximum absolute atomic E-state index is 13.0. The second kappa shape index (κ2) is 9.45. The minimum atomic E-state index is -3.81. The van der Waals surface area contributed by atoms with Crippen LogP contribution in [0, 0.1) is 13.8 Å². The first-order valence-corrected chi connectivity index (χ1v) is 12.6. The van der Waals surface area contributed by atoms with Gasteiger partial charge in [-0.05, 0) is 67.4 Å². The van der Waals surface area contributed by atoms with Crippen molar-refractivity contribution in [1.29, 1.82) is 0 Å². The highest BCUT2D eigenvalue weighted by Crippen LogP contribution is 2.26. The Hall–Kier alpha value is -3.03. The first-order chi connectivity index (χ1) is 15.8. The molecule has 1 aliphatic rings. The van der Waals surface area contributed by atoms with Crippen molar-refractivity contribution in [3.05, 3.63) is 88.4 Å². The number of hydrogen-bond acceptors (Lipinski definition) is 4. The van der Waals surface area contributed by atoms with Gasteiger partial charge < -0.3 is 9.80 Å². The van der Waals surface area contributed by atoms with E-state index in [-0.39, 0.29) is 10.8 Å². The summed E-state index contributed by atoms with van der Waals surface area (Å²) in [5.41, 5.74) is 4.50. The normalized spacial score (nSPS) is 14.3. The zero-order valence-electron chi connectivity index (χ0n) is 18.6. The largest absolute Gasteiger partial charge is 0.368 e. The summed E-state index contributed by atoms with van der Waals surface area (Å²) in [5, 5.41) is 0.313. The Bertz CT molecular complexity index is 1270. The van der Waals surface area contributed by atoms with Gasteiger partial charge in [0.1, 0.15) is 0 Å². The van der Waals surface area contributed by atoms with Crippen molar-refractivity contribution < 1.29 is 13.2 Å². The first-order valence-electron chi connectivity index (χ1n) is 10.7. The summed E-state index contributed by atoms with van der Waals surface area (Å²) in [5.74, 6) is -0.0985. The molecule has 1 aliphatic heterocycles. The Morgan fingerprint density at radius 1 is 0.879 bits per heavy atom. The average molecular weight is 484 g/mol. The average Bonchev–Trinajstić information content (AvgIpc) is 2.82. The third-order valence-corrected chi connectivity index (χ3v) is 7.72. The molecule has 1 amide bonds. The molecule has 4 rings (SSSR count). The van der Waals surface area contributed by atoms with E-state index in [1.165, 1.54) is 28.9 Å². The van der Waals surface area contributed by atoms with Crippen LogP contribution in [-0.2, 0) is 10.0 Å². The topological polar surface area (TPSA) is 69.7 Å². The van der Waals surface area contributed by atoms with Crippen LogP contribution in [0.4, 0.5) is 11.4 Å². The molecule has 6 nitrogen and oxygen atoms in total. The number of aryl methyl sites for hydroxylation is 1. The number of carbonyl (C=O) groups is 1. The van der Waals surface area contributed by atoms with E-state index in [4.69, 9.17) is 11.6 Å². The summed E-state index contributed by atoms with van der Waals surface area (Å²) in [6, 6.07) is 18.9. The summed E-state index contributed by atoms with van der Waals surface area (Å²) in [4.78, 5) is 17.2. The summed E-state index contributed by atoms with van der Waals surface area (Å²) in [7, 11) is -3.81. The third-order valence-electron chi connectivity index (χ3n) is 6.01. The van der Waals surface area contributed by atoms with Crippen molar-refractivity contribution >= 4 is 38.9 Å². The second-order valence-corrected chi connectivity index (χ2v) is 10.2. The number of hydrogen-bond donors (Lipinski definition) is 1. The smallest absolute Gasteiger partial charge is 0.261 e. The minimum absolute atomic E-state index is 0.0683. The van der Waals surface area contributed by atoms with Crippen molar-refractivity contribution in [1.82, 2.24) is 4.90 Å². The monoisotopic (exact) mass is 483 g/mol. The lowest BCUT2D eigenvalue weighted by molar-refractivity contribution is 0.0746. The molecule has 0 radical (unpaired) electrons. The van der Waals surface area contributed by atoms with Crippen LogP contribution in [0.5, 0.6) is 0 Å². The molecule has 0 aromatic heterocycles. The number of halogens is 1. The van der Waals surface area contributed by atoms with Gasteiger partial charge in [-0.1, -0.05) is 35.9 Å². The Kier molecular flexibility index (Phi) is 6.63. The van der Waals surface area contributed by atoms with E-state index in [2.05, 4.69) is 41.7 Å². The molecule has 1 heterocycles. The Morgan fingerprint density at radius 3 is 2.21 bits per heavy atom. The van der Waals surface area contributed by atoms with Gasteiger partial charge in [0.2, 0.25) is 0 Å². The fraction of sp³-hybridized carbons (Fsp3) is 0.240.